The summed E-state index contributed by atoms with van der Waals surface area (Å²) in [5, 5.41) is 13.1. The van der Waals surface area contributed by atoms with Gasteiger partial charge in [0.1, 0.15) is 12.4 Å². The number of amides is 1. The lowest BCUT2D eigenvalue weighted by molar-refractivity contribution is -0.124. The Morgan fingerprint density at radius 2 is 1.84 bits per heavy atom. The Balaban J connectivity index is 1.79. The first kappa shape index (κ1) is 23.7. The molecule has 0 aromatic heterocycles. The van der Waals surface area contributed by atoms with Crippen molar-refractivity contribution in [1.29, 1.82) is 0 Å². The second-order valence-electron chi connectivity index (χ2n) is 9.55. The first-order valence-corrected chi connectivity index (χ1v) is 10.7. The molecule has 2 aromatic rings. The van der Waals surface area contributed by atoms with Crippen molar-refractivity contribution in [3.8, 4) is 0 Å². The molecule has 0 radical (unpaired) electrons. The molecule has 2 N–H and O–H groups in total. The minimum atomic E-state index is -1.46. The fourth-order valence-corrected chi connectivity index (χ4v) is 4.09. The number of benzene rings is 2. The van der Waals surface area contributed by atoms with Crippen LogP contribution in [-0.4, -0.2) is 23.6 Å². The highest BCUT2D eigenvalue weighted by Crippen LogP contribution is 2.46. The van der Waals surface area contributed by atoms with Gasteiger partial charge in [-0.2, -0.15) is 0 Å². The van der Waals surface area contributed by atoms with Crippen molar-refractivity contribution >= 4 is 17.6 Å². The lowest BCUT2D eigenvalue weighted by Gasteiger charge is -2.42. The molecule has 2 aromatic carbocycles. The smallest absolute Gasteiger partial charge is 0.338 e. The van der Waals surface area contributed by atoms with Gasteiger partial charge in [-0.1, -0.05) is 58.5 Å². The summed E-state index contributed by atoms with van der Waals surface area (Å²) >= 11 is 0. The molecule has 1 aliphatic rings. The molecule has 170 valence electrons. The summed E-state index contributed by atoms with van der Waals surface area (Å²) in [6, 6.07) is 9.21. The van der Waals surface area contributed by atoms with Gasteiger partial charge in [0, 0.05) is 0 Å². The number of hydrogen-bond acceptors (Lipinski definition) is 4. The van der Waals surface area contributed by atoms with Crippen molar-refractivity contribution in [2.24, 2.45) is 0 Å². The van der Waals surface area contributed by atoms with Crippen molar-refractivity contribution in [1.82, 2.24) is 0 Å². The van der Waals surface area contributed by atoms with Gasteiger partial charge in [0.05, 0.1) is 11.3 Å². The largest absolute Gasteiger partial charge is 0.458 e. The van der Waals surface area contributed by atoms with E-state index >= 15 is 0 Å². The van der Waals surface area contributed by atoms with Crippen LogP contribution in [0.15, 0.2) is 49.1 Å². The van der Waals surface area contributed by atoms with E-state index in [1.807, 2.05) is 12.1 Å². The second kappa shape index (κ2) is 8.87. The third-order valence-electron chi connectivity index (χ3n) is 6.24. The topological polar surface area (TPSA) is 75.6 Å². The number of carbonyl (C=O) groups excluding carboxylic acids is 2. The lowest BCUT2D eigenvalue weighted by Crippen LogP contribution is -2.34. The number of aliphatic hydroxyl groups excluding tert-OH is 1. The molecule has 0 saturated carbocycles. The highest BCUT2D eigenvalue weighted by atomic mass is 19.1. The fourth-order valence-electron chi connectivity index (χ4n) is 4.09. The van der Waals surface area contributed by atoms with Crippen LogP contribution in [0.2, 0.25) is 0 Å². The minimum absolute atomic E-state index is 0.0138. The predicted molar refractivity (Wildman–Crippen MR) is 122 cm³/mol. The molecule has 0 saturated heterocycles. The van der Waals surface area contributed by atoms with Crippen LogP contribution in [0, 0.1) is 5.82 Å². The van der Waals surface area contributed by atoms with Crippen LogP contribution in [0.25, 0.3) is 0 Å². The number of halogens is 1. The number of anilines is 1. The number of carbonyl (C=O) groups is 2. The van der Waals surface area contributed by atoms with E-state index in [9.17, 15) is 19.1 Å². The standard InChI is InChI=1S/C26H30FNO4/c1-6-13-32-24(31)17-8-10-21(20(27)15-17)28-23(30)22(29)16-7-9-18-19(14-16)26(4,5)12-11-25(18,2)3/h6-10,14-15,22,29H,1,11-13H2,2-5H3,(H,28,30)/t22-/m1/s1/i22+2,23+2. The molecular weight excluding hydrogens is 413 g/mol. The Morgan fingerprint density at radius 1 is 1.19 bits per heavy atom. The predicted octanol–water partition coefficient (Wildman–Crippen LogP) is 5.19. The molecule has 6 heteroatoms. The van der Waals surface area contributed by atoms with Gasteiger partial charge in [0.25, 0.3) is 5.91 Å². The third kappa shape index (κ3) is 4.75. The molecule has 0 spiro atoms. The third-order valence-corrected chi connectivity index (χ3v) is 6.24. The van der Waals surface area contributed by atoms with E-state index in [1.54, 1.807) is 6.07 Å². The quantitative estimate of drug-likeness (QED) is 0.476. The molecule has 3 rings (SSSR count). The second-order valence-corrected chi connectivity index (χ2v) is 9.55. The zero-order valence-corrected chi connectivity index (χ0v) is 19.0. The van der Waals surface area contributed by atoms with E-state index < -0.39 is 23.8 Å². The molecule has 0 aliphatic heterocycles. The molecule has 0 fully saturated rings. The van der Waals surface area contributed by atoms with Crippen LogP contribution >= 0.6 is 0 Å². The zero-order chi connectivity index (χ0) is 23.7. The summed E-state index contributed by atoms with van der Waals surface area (Å²) in [6.07, 6.45) is 2.02. The van der Waals surface area contributed by atoms with Crippen LogP contribution < -0.4 is 5.32 Å². The highest BCUT2D eigenvalue weighted by molar-refractivity contribution is 5.96. The maximum absolute atomic E-state index is 14.4. The number of rotatable bonds is 6. The molecule has 32 heavy (non-hydrogen) atoms. The van der Waals surface area contributed by atoms with Crippen molar-refractivity contribution < 1.29 is 23.8 Å². The van der Waals surface area contributed by atoms with Gasteiger partial charge in [0.2, 0.25) is 0 Å². The molecular formula is C26H30FNO4. The van der Waals surface area contributed by atoms with Gasteiger partial charge < -0.3 is 15.2 Å². The van der Waals surface area contributed by atoms with Gasteiger partial charge in [-0.25, -0.2) is 9.18 Å². The summed E-state index contributed by atoms with van der Waals surface area (Å²) in [6.45, 7) is 12.2. The maximum atomic E-state index is 14.4. The number of esters is 1. The number of nitrogens with one attached hydrogen (secondary N) is 1. The zero-order valence-electron chi connectivity index (χ0n) is 19.0. The average Bonchev–Trinajstić information content (AvgIpc) is 2.75. The van der Waals surface area contributed by atoms with Gasteiger partial charge in [-0.05, 0) is 58.6 Å². The Labute approximate surface area is 188 Å². The van der Waals surface area contributed by atoms with Gasteiger partial charge >= 0.3 is 5.97 Å². The SMILES string of the molecule is C=CCOC(=O)c1ccc(N[14C](=O)[14C@H](O)c2ccc3c(c2)C(C)(C)CCC3(C)C)c(F)c1. The summed E-state index contributed by atoms with van der Waals surface area (Å²) in [5.74, 6) is -2.24. The summed E-state index contributed by atoms with van der Waals surface area (Å²) < 4.78 is 19.3. The molecule has 0 heterocycles. The molecule has 5 nitrogen and oxygen atoms in total. The Hall–Kier alpha value is -2.99. The van der Waals surface area contributed by atoms with Crippen LogP contribution in [0.3, 0.4) is 0 Å². The molecule has 0 bridgehead atoms. The average molecular weight is 444 g/mol. The van der Waals surface area contributed by atoms with Crippen LogP contribution in [0.4, 0.5) is 10.1 Å². The first-order chi connectivity index (χ1) is 15.0. The van der Waals surface area contributed by atoms with Crippen LogP contribution in [0.5, 0.6) is 0 Å². The van der Waals surface area contributed by atoms with E-state index in [0.29, 0.717) is 5.56 Å². The molecule has 1 amide bonds. The Kier molecular flexibility index (Phi) is 6.56. The number of ether oxygens (including phenoxy) is 1. The van der Waals surface area contributed by atoms with Gasteiger partial charge in [0.15, 0.2) is 6.10 Å². The van der Waals surface area contributed by atoms with Gasteiger partial charge in [-0.15, -0.1) is 0 Å². The van der Waals surface area contributed by atoms with Crippen molar-refractivity contribution in [3.63, 3.8) is 0 Å². The van der Waals surface area contributed by atoms with E-state index in [1.165, 1.54) is 23.8 Å². The number of aliphatic hydroxyl groups is 1. The summed E-state index contributed by atoms with van der Waals surface area (Å²) in [5.41, 5.74) is 2.63. The summed E-state index contributed by atoms with van der Waals surface area (Å²) in [7, 11) is 0. The monoisotopic (exact) mass is 443 g/mol. The molecule has 0 unspecified atom stereocenters. The maximum Gasteiger partial charge on any atom is 0.338 e. The van der Waals surface area contributed by atoms with Crippen molar-refractivity contribution in [3.05, 3.63) is 77.1 Å². The van der Waals surface area contributed by atoms with Crippen LogP contribution in [-0.2, 0) is 20.4 Å². The fraction of sp³-hybridized carbons (Fsp3) is 0.385. The number of hydrogen-bond donors (Lipinski definition) is 2. The number of fused-ring (bicyclic) bond motifs is 1. The van der Waals surface area contributed by atoms with Crippen molar-refractivity contribution in [2.75, 3.05) is 11.9 Å². The Morgan fingerprint density at radius 3 is 2.47 bits per heavy atom. The van der Waals surface area contributed by atoms with E-state index in [2.05, 4.69) is 39.6 Å². The summed E-state index contributed by atoms with van der Waals surface area (Å²) in [4.78, 5) is 24.5. The van der Waals surface area contributed by atoms with Crippen molar-refractivity contribution in [2.45, 2.75) is 57.5 Å². The normalized spacial score (nSPS) is 17.1. The molecule has 1 atom stereocenters. The van der Waals surface area contributed by atoms with E-state index in [0.717, 1.165) is 24.5 Å². The minimum Gasteiger partial charge on any atom is -0.458 e. The van der Waals surface area contributed by atoms with Crippen LogP contribution in [0.1, 0.15) is 73.7 Å². The van der Waals surface area contributed by atoms with E-state index in [4.69, 9.17) is 4.74 Å². The lowest BCUT2D eigenvalue weighted by atomic mass is 9.63. The first-order valence-electron chi connectivity index (χ1n) is 10.7. The van der Waals surface area contributed by atoms with Gasteiger partial charge in [-0.3, -0.25) is 4.79 Å². The highest BCUT2D eigenvalue weighted by Gasteiger charge is 2.37. The molecule has 1 aliphatic carbocycles. The Bertz CT molecular complexity index is 1060. The van der Waals surface area contributed by atoms with E-state index in [-0.39, 0.29) is 28.7 Å².